The third kappa shape index (κ3) is 2.32. The number of aliphatic imine (C=N–C) groups is 1. The van der Waals surface area contributed by atoms with Crippen LogP contribution in [-0.2, 0) is 9.31 Å². The predicted octanol–water partition coefficient (Wildman–Crippen LogP) is 2.26. The second kappa shape index (κ2) is 4.10. The van der Waals surface area contributed by atoms with Crippen LogP contribution >= 0.6 is 0 Å². The normalized spacial score (nSPS) is 25.2. The van der Waals surface area contributed by atoms with Gasteiger partial charge in [-0.05, 0) is 40.1 Å². The summed E-state index contributed by atoms with van der Waals surface area (Å²) in [4.78, 5) is 3.99. The fraction of sp³-hybridized carbons (Fsp3) is 0.727. The number of nitrogens with zero attached hydrogens (tertiary/aromatic N) is 1. The molecule has 0 aromatic rings. The van der Waals surface area contributed by atoms with Gasteiger partial charge in [0, 0.05) is 13.3 Å². The third-order valence-electron chi connectivity index (χ3n) is 3.14. The Labute approximate surface area is 92.7 Å². The lowest BCUT2D eigenvalue weighted by molar-refractivity contribution is 0.00578. The molecule has 1 rings (SSSR count). The van der Waals surface area contributed by atoms with Gasteiger partial charge in [0.05, 0.1) is 11.2 Å². The topological polar surface area (TPSA) is 30.8 Å². The molecule has 0 saturated carbocycles. The Morgan fingerprint density at radius 1 is 1.13 bits per heavy atom. The molecule has 1 aliphatic heterocycles. The molecule has 1 aliphatic rings. The maximum absolute atomic E-state index is 5.89. The van der Waals surface area contributed by atoms with Gasteiger partial charge in [-0.2, -0.15) is 0 Å². The Morgan fingerprint density at radius 3 is 1.93 bits per heavy atom. The Morgan fingerprint density at radius 2 is 1.60 bits per heavy atom. The van der Waals surface area contributed by atoms with Gasteiger partial charge < -0.3 is 9.31 Å². The monoisotopic (exact) mass is 209 g/mol. The van der Waals surface area contributed by atoms with Gasteiger partial charge >= 0.3 is 7.12 Å². The van der Waals surface area contributed by atoms with Crippen LogP contribution in [0.3, 0.4) is 0 Å². The van der Waals surface area contributed by atoms with Crippen molar-refractivity contribution >= 4 is 13.3 Å². The van der Waals surface area contributed by atoms with E-state index in [9.17, 15) is 0 Å². The van der Waals surface area contributed by atoms with Crippen molar-refractivity contribution in [2.45, 2.75) is 45.8 Å². The molecule has 0 N–H and O–H groups in total. The van der Waals surface area contributed by atoms with Crippen molar-refractivity contribution in [2.24, 2.45) is 4.99 Å². The average Bonchev–Trinajstić information content (AvgIpc) is 2.32. The number of allylic oxidation sites excluding steroid dienone is 2. The predicted molar refractivity (Wildman–Crippen MR) is 64.3 cm³/mol. The fourth-order valence-corrected chi connectivity index (χ4v) is 1.40. The summed E-state index contributed by atoms with van der Waals surface area (Å²) >= 11 is 0. The molecule has 4 heteroatoms. The zero-order valence-corrected chi connectivity index (χ0v) is 10.5. The summed E-state index contributed by atoms with van der Waals surface area (Å²) in [6.45, 7) is 10.1. The first-order valence-corrected chi connectivity index (χ1v) is 5.28. The number of hydrogen-bond donors (Lipinski definition) is 0. The first kappa shape index (κ1) is 12.5. The second-order valence-electron chi connectivity index (χ2n) is 4.76. The highest BCUT2D eigenvalue weighted by Crippen LogP contribution is 2.38. The van der Waals surface area contributed by atoms with E-state index in [0.29, 0.717) is 0 Å². The van der Waals surface area contributed by atoms with Crippen molar-refractivity contribution in [2.75, 3.05) is 7.05 Å². The molecule has 1 fully saturated rings. The highest BCUT2D eigenvalue weighted by Gasteiger charge is 2.51. The zero-order chi connectivity index (χ0) is 11.7. The summed E-state index contributed by atoms with van der Waals surface area (Å²) in [5, 5.41) is 0. The summed E-state index contributed by atoms with van der Waals surface area (Å²) in [5.74, 6) is 0. The quantitative estimate of drug-likeness (QED) is 0.515. The lowest BCUT2D eigenvalue weighted by Gasteiger charge is -2.32. The van der Waals surface area contributed by atoms with Crippen molar-refractivity contribution in [1.82, 2.24) is 0 Å². The van der Waals surface area contributed by atoms with E-state index < -0.39 is 0 Å². The summed E-state index contributed by atoms with van der Waals surface area (Å²) in [7, 11) is 1.44. The fourth-order valence-electron chi connectivity index (χ4n) is 1.40. The Kier molecular flexibility index (Phi) is 3.41. The zero-order valence-electron chi connectivity index (χ0n) is 10.5. The molecule has 0 aromatic carbocycles. The van der Waals surface area contributed by atoms with Gasteiger partial charge in [-0.25, -0.2) is 0 Å². The average molecular weight is 209 g/mol. The number of hydrogen-bond acceptors (Lipinski definition) is 3. The van der Waals surface area contributed by atoms with Crippen LogP contribution < -0.4 is 0 Å². The molecule has 0 spiro atoms. The van der Waals surface area contributed by atoms with Gasteiger partial charge in [-0.3, -0.25) is 4.99 Å². The Hall–Kier alpha value is -0.605. The standard InChI is InChI=1S/C11H20BNO2/c1-7-9(8-13-6)12-14-10(2,3)11(4,5)15-12/h7-8H,1-6H3. The van der Waals surface area contributed by atoms with Gasteiger partial charge in [0.1, 0.15) is 0 Å². The SMILES string of the molecule is CC=C(C=NC)B1OC(C)(C)C(C)(C)O1. The smallest absolute Gasteiger partial charge is 0.399 e. The third-order valence-corrected chi connectivity index (χ3v) is 3.14. The van der Waals surface area contributed by atoms with Crippen molar-refractivity contribution in [3.63, 3.8) is 0 Å². The van der Waals surface area contributed by atoms with Gasteiger partial charge in [0.25, 0.3) is 0 Å². The van der Waals surface area contributed by atoms with Crippen molar-refractivity contribution < 1.29 is 9.31 Å². The molecule has 84 valence electrons. The Bertz CT molecular complexity index is 279. The first-order valence-electron chi connectivity index (χ1n) is 5.28. The van der Waals surface area contributed by atoms with E-state index in [0.717, 1.165) is 5.47 Å². The molecule has 0 radical (unpaired) electrons. The first-order chi connectivity index (χ1) is 6.84. The van der Waals surface area contributed by atoms with Crippen molar-refractivity contribution in [3.8, 4) is 0 Å². The maximum Gasteiger partial charge on any atom is 0.496 e. The second-order valence-corrected chi connectivity index (χ2v) is 4.76. The molecule has 0 aliphatic carbocycles. The highest BCUT2D eigenvalue weighted by molar-refractivity contribution is 6.60. The lowest BCUT2D eigenvalue weighted by Crippen LogP contribution is -2.41. The van der Waals surface area contributed by atoms with E-state index in [2.05, 4.69) is 4.99 Å². The van der Waals surface area contributed by atoms with Crippen LogP contribution in [-0.4, -0.2) is 31.6 Å². The minimum atomic E-state index is -0.302. The maximum atomic E-state index is 5.89. The molecule has 15 heavy (non-hydrogen) atoms. The van der Waals surface area contributed by atoms with Gasteiger partial charge in [0.15, 0.2) is 0 Å². The summed E-state index contributed by atoms with van der Waals surface area (Å²) in [6, 6.07) is 0. The number of rotatable bonds is 2. The molecular formula is C11H20BNO2. The molecule has 0 bridgehead atoms. The minimum Gasteiger partial charge on any atom is -0.399 e. The molecule has 3 nitrogen and oxygen atoms in total. The van der Waals surface area contributed by atoms with Gasteiger partial charge in [-0.15, -0.1) is 0 Å². The van der Waals surface area contributed by atoms with Crippen LogP contribution in [0.2, 0.25) is 0 Å². The molecule has 1 saturated heterocycles. The molecule has 0 aromatic heterocycles. The van der Waals surface area contributed by atoms with E-state index in [1.165, 1.54) is 0 Å². The van der Waals surface area contributed by atoms with Crippen LogP contribution in [0.1, 0.15) is 34.6 Å². The lowest BCUT2D eigenvalue weighted by atomic mass is 9.79. The van der Waals surface area contributed by atoms with Gasteiger partial charge in [0.2, 0.25) is 0 Å². The molecule has 0 atom stereocenters. The Balaban J connectivity index is 2.87. The largest absolute Gasteiger partial charge is 0.496 e. The van der Waals surface area contributed by atoms with Crippen LogP contribution in [0.5, 0.6) is 0 Å². The summed E-state index contributed by atoms with van der Waals surface area (Å²) < 4.78 is 11.8. The summed E-state index contributed by atoms with van der Waals surface area (Å²) in [6.07, 6.45) is 3.75. The van der Waals surface area contributed by atoms with E-state index in [1.54, 1.807) is 13.3 Å². The van der Waals surface area contributed by atoms with Crippen molar-refractivity contribution in [3.05, 3.63) is 11.5 Å². The van der Waals surface area contributed by atoms with Crippen LogP contribution in [0.15, 0.2) is 16.5 Å². The van der Waals surface area contributed by atoms with Crippen molar-refractivity contribution in [1.29, 1.82) is 0 Å². The summed E-state index contributed by atoms with van der Waals surface area (Å²) in [5.41, 5.74) is 0.400. The van der Waals surface area contributed by atoms with E-state index in [4.69, 9.17) is 9.31 Å². The van der Waals surface area contributed by atoms with Gasteiger partial charge in [-0.1, -0.05) is 6.08 Å². The minimum absolute atomic E-state index is 0.284. The van der Waals surface area contributed by atoms with Crippen LogP contribution in [0.25, 0.3) is 0 Å². The van der Waals surface area contributed by atoms with E-state index in [-0.39, 0.29) is 18.3 Å². The molecule has 0 unspecified atom stereocenters. The van der Waals surface area contributed by atoms with E-state index >= 15 is 0 Å². The molecule has 0 amide bonds. The molecule has 1 heterocycles. The van der Waals surface area contributed by atoms with E-state index in [1.807, 2.05) is 40.7 Å². The van der Waals surface area contributed by atoms with Crippen LogP contribution in [0, 0.1) is 0 Å². The molecular weight excluding hydrogens is 189 g/mol. The van der Waals surface area contributed by atoms with Crippen LogP contribution in [0.4, 0.5) is 0 Å². The highest BCUT2D eigenvalue weighted by atomic mass is 16.7.